The van der Waals surface area contributed by atoms with E-state index in [-0.39, 0.29) is 17.7 Å². The Morgan fingerprint density at radius 3 is 2.79 bits per heavy atom. The predicted molar refractivity (Wildman–Crippen MR) is 89.9 cm³/mol. The first kappa shape index (κ1) is 17.9. The molecule has 0 saturated carbocycles. The van der Waals surface area contributed by atoms with Crippen LogP contribution in [0.25, 0.3) is 0 Å². The lowest BCUT2D eigenvalue weighted by Gasteiger charge is -2.16. The molecule has 2 aromatic heterocycles. The van der Waals surface area contributed by atoms with Crippen LogP contribution >= 0.6 is 11.3 Å². The number of methoxy groups -OCH3 is 1. The number of carbonyl (C=O) groups is 2. The fourth-order valence-electron chi connectivity index (χ4n) is 2.14. The van der Waals surface area contributed by atoms with E-state index in [1.807, 2.05) is 24.4 Å². The van der Waals surface area contributed by atoms with Crippen LogP contribution in [0.2, 0.25) is 0 Å². The molecule has 1 amide bonds. The summed E-state index contributed by atoms with van der Waals surface area (Å²) in [5.74, 6) is -0.861. The average molecular weight is 349 g/mol. The molecule has 0 radical (unpaired) electrons. The number of hydrogen-bond donors (Lipinski definition) is 1. The fourth-order valence-corrected chi connectivity index (χ4v) is 2.91. The number of thiophene rings is 1. The Balaban J connectivity index is 2.19. The van der Waals surface area contributed by atoms with Gasteiger partial charge in [0, 0.05) is 17.5 Å². The second-order valence-corrected chi connectivity index (χ2v) is 6.08. The molecule has 1 N–H and O–H groups in total. The van der Waals surface area contributed by atoms with Crippen molar-refractivity contribution in [2.45, 2.75) is 32.4 Å². The lowest BCUT2D eigenvalue weighted by atomic mass is 10.1. The number of ether oxygens (including phenoxy) is 1. The second kappa shape index (κ2) is 8.39. The van der Waals surface area contributed by atoms with Crippen LogP contribution in [0.4, 0.5) is 0 Å². The number of rotatable bonds is 7. The van der Waals surface area contributed by atoms with Gasteiger partial charge in [0.2, 0.25) is 0 Å². The first-order chi connectivity index (χ1) is 11.5. The molecule has 128 valence electrons. The maximum absolute atomic E-state index is 12.5. The van der Waals surface area contributed by atoms with Gasteiger partial charge >= 0.3 is 5.97 Å². The minimum Gasteiger partial charge on any atom is -0.469 e. The normalized spacial score (nSPS) is 11.8. The first-order valence-corrected chi connectivity index (χ1v) is 8.42. The Hall–Kier alpha value is -2.48. The number of aromatic nitrogens is 2. The second-order valence-electron chi connectivity index (χ2n) is 5.10. The van der Waals surface area contributed by atoms with Crippen LogP contribution in [0.3, 0.4) is 0 Å². The molecule has 0 aliphatic rings. The van der Waals surface area contributed by atoms with Crippen molar-refractivity contribution in [1.29, 1.82) is 0 Å². The van der Waals surface area contributed by atoms with Gasteiger partial charge in [-0.1, -0.05) is 13.0 Å². The van der Waals surface area contributed by atoms with Gasteiger partial charge in [-0.15, -0.1) is 11.3 Å². The molecule has 0 aromatic carbocycles. The molecule has 24 heavy (non-hydrogen) atoms. The van der Waals surface area contributed by atoms with Crippen LogP contribution in [-0.4, -0.2) is 28.8 Å². The lowest BCUT2D eigenvalue weighted by molar-refractivity contribution is -0.141. The standard InChI is InChI=1S/C16H19N3O4S/c1-3-8-19-14(20)7-6-11(18-19)16(22)17-12(10-15(21)23-2)13-5-4-9-24-13/h4-7,9,12H,3,8,10H2,1-2H3,(H,17,22). The van der Waals surface area contributed by atoms with E-state index in [9.17, 15) is 14.4 Å². The summed E-state index contributed by atoms with van der Waals surface area (Å²) >= 11 is 1.44. The zero-order chi connectivity index (χ0) is 17.5. The number of nitrogens with one attached hydrogen (secondary N) is 1. The number of nitrogens with zero attached hydrogens (tertiary/aromatic N) is 2. The molecule has 0 bridgehead atoms. The molecule has 7 nitrogen and oxygen atoms in total. The minimum atomic E-state index is -0.502. The summed E-state index contributed by atoms with van der Waals surface area (Å²) in [5.41, 5.74) is -0.118. The Bertz CT molecular complexity index is 755. The van der Waals surface area contributed by atoms with Gasteiger partial charge in [-0.05, 0) is 23.9 Å². The Morgan fingerprint density at radius 2 is 2.17 bits per heavy atom. The molecule has 2 heterocycles. The van der Waals surface area contributed by atoms with Crippen LogP contribution in [0.15, 0.2) is 34.4 Å². The van der Waals surface area contributed by atoms with Crippen molar-refractivity contribution in [2.24, 2.45) is 0 Å². The third-order valence-electron chi connectivity index (χ3n) is 3.33. The van der Waals surface area contributed by atoms with Crippen molar-refractivity contribution in [3.63, 3.8) is 0 Å². The molecule has 2 aromatic rings. The molecule has 0 spiro atoms. The van der Waals surface area contributed by atoms with Crippen molar-refractivity contribution in [3.05, 3.63) is 50.6 Å². The van der Waals surface area contributed by atoms with Crippen LogP contribution in [0, 0.1) is 0 Å². The Kier molecular flexibility index (Phi) is 6.25. The molecule has 0 aliphatic heterocycles. The summed E-state index contributed by atoms with van der Waals surface area (Å²) in [6.45, 7) is 2.36. The summed E-state index contributed by atoms with van der Waals surface area (Å²) in [4.78, 5) is 36.6. The quantitative estimate of drug-likeness (QED) is 0.769. The SMILES string of the molecule is CCCn1nc(C(=O)NC(CC(=O)OC)c2cccs2)ccc1=O. The van der Waals surface area contributed by atoms with Gasteiger partial charge in [-0.2, -0.15) is 5.10 Å². The third kappa shape index (κ3) is 4.51. The minimum absolute atomic E-state index is 0.0252. The van der Waals surface area contributed by atoms with E-state index >= 15 is 0 Å². The van der Waals surface area contributed by atoms with Crippen LogP contribution in [0.1, 0.15) is 41.2 Å². The van der Waals surface area contributed by atoms with E-state index in [2.05, 4.69) is 15.2 Å². The van der Waals surface area contributed by atoms with Gasteiger partial charge in [0.25, 0.3) is 11.5 Å². The van der Waals surface area contributed by atoms with Gasteiger partial charge in [0.15, 0.2) is 0 Å². The Morgan fingerprint density at radius 1 is 1.38 bits per heavy atom. The molecule has 0 fully saturated rings. The predicted octanol–water partition coefficient (Wildman–Crippen LogP) is 1.75. The number of aryl methyl sites for hydroxylation is 1. The average Bonchev–Trinajstić information content (AvgIpc) is 3.10. The van der Waals surface area contributed by atoms with E-state index in [1.54, 1.807) is 0 Å². The fraction of sp³-hybridized carbons (Fsp3) is 0.375. The molecule has 0 aliphatic carbocycles. The molecular formula is C16H19N3O4S. The molecule has 2 rings (SSSR count). The molecule has 8 heteroatoms. The van der Waals surface area contributed by atoms with Gasteiger partial charge < -0.3 is 10.1 Å². The van der Waals surface area contributed by atoms with Crippen LogP contribution < -0.4 is 10.9 Å². The van der Waals surface area contributed by atoms with Gasteiger partial charge in [-0.25, -0.2) is 4.68 Å². The third-order valence-corrected chi connectivity index (χ3v) is 4.31. The van der Waals surface area contributed by atoms with E-state index < -0.39 is 17.9 Å². The van der Waals surface area contributed by atoms with Crippen molar-refractivity contribution in [3.8, 4) is 0 Å². The molecular weight excluding hydrogens is 330 g/mol. The highest BCUT2D eigenvalue weighted by molar-refractivity contribution is 7.10. The van der Waals surface area contributed by atoms with E-state index in [0.29, 0.717) is 6.54 Å². The highest BCUT2D eigenvalue weighted by Gasteiger charge is 2.21. The summed E-state index contributed by atoms with van der Waals surface area (Å²) < 4.78 is 5.95. The van der Waals surface area contributed by atoms with E-state index in [1.165, 1.54) is 35.3 Å². The monoisotopic (exact) mass is 349 g/mol. The largest absolute Gasteiger partial charge is 0.469 e. The molecule has 1 atom stereocenters. The van der Waals surface area contributed by atoms with Crippen LogP contribution in [-0.2, 0) is 16.1 Å². The smallest absolute Gasteiger partial charge is 0.307 e. The van der Waals surface area contributed by atoms with Crippen molar-refractivity contribution in [1.82, 2.24) is 15.1 Å². The topological polar surface area (TPSA) is 90.3 Å². The van der Waals surface area contributed by atoms with Crippen molar-refractivity contribution in [2.75, 3.05) is 7.11 Å². The maximum atomic E-state index is 12.5. The summed E-state index contributed by atoms with van der Waals surface area (Å²) in [5, 5.41) is 8.72. The highest BCUT2D eigenvalue weighted by atomic mass is 32.1. The van der Waals surface area contributed by atoms with Gasteiger partial charge in [0.05, 0.1) is 19.6 Å². The first-order valence-electron chi connectivity index (χ1n) is 7.54. The summed E-state index contributed by atoms with van der Waals surface area (Å²) in [7, 11) is 1.30. The number of hydrogen-bond acceptors (Lipinski definition) is 6. The van der Waals surface area contributed by atoms with Crippen molar-refractivity contribution < 1.29 is 14.3 Å². The van der Waals surface area contributed by atoms with Gasteiger partial charge in [0.1, 0.15) is 5.69 Å². The zero-order valence-corrected chi connectivity index (χ0v) is 14.3. The Labute approximate surface area is 143 Å². The number of amides is 1. The van der Waals surface area contributed by atoms with Crippen molar-refractivity contribution >= 4 is 23.2 Å². The van der Waals surface area contributed by atoms with Gasteiger partial charge in [-0.3, -0.25) is 14.4 Å². The molecule has 0 saturated heterocycles. The summed E-state index contributed by atoms with van der Waals surface area (Å²) in [6.07, 6.45) is 0.759. The van der Waals surface area contributed by atoms with E-state index in [0.717, 1.165) is 11.3 Å². The maximum Gasteiger partial charge on any atom is 0.307 e. The lowest BCUT2D eigenvalue weighted by Crippen LogP contribution is -2.33. The zero-order valence-electron chi connectivity index (χ0n) is 13.5. The summed E-state index contributed by atoms with van der Waals surface area (Å²) in [6, 6.07) is 5.88. The molecule has 1 unspecified atom stereocenters. The van der Waals surface area contributed by atoms with E-state index in [4.69, 9.17) is 0 Å². The highest BCUT2D eigenvalue weighted by Crippen LogP contribution is 2.22. The number of esters is 1. The number of carbonyl (C=O) groups excluding carboxylic acids is 2. The van der Waals surface area contributed by atoms with Crippen LogP contribution in [0.5, 0.6) is 0 Å².